The van der Waals surface area contributed by atoms with E-state index in [1.165, 1.54) is 11.3 Å². The Labute approximate surface area is 183 Å². The first-order chi connectivity index (χ1) is 14.5. The number of piperidine rings is 1. The number of rotatable bonds is 4. The molecule has 0 saturated carbocycles. The lowest BCUT2D eigenvalue weighted by Crippen LogP contribution is -2.39. The largest absolute Gasteiger partial charge is 0.338 e. The van der Waals surface area contributed by atoms with Crippen LogP contribution in [-0.4, -0.2) is 40.0 Å². The second-order valence-electron chi connectivity index (χ2n) is 7.37. The van der Waals surface area contributed by atoms with E-state index in [0.29, 0.717) is 27.8 Å². The number of aryl methyl sites for hydroxylation is 1. The number of nitrogens with zero attached hydrogens (tertiary/aromatic N) is 3. The Kier molecular flexibility index (Phi) is 6.11. The van der Waals surface area contributed by atoms with Gasteiger partial charge in [0.05, 0.1) is 0 Å². The van der Waals surface area contributed by atoms with Crippen LogP contribution in [0.1, 0.15) is 49.5 Å². The second-order valence-corrected chi connectivity index (χ2v) is 8.82. The summed E-state index contributed by atoms with van der Waals surface area (Å²) in [5.41, 5.74) is 2.38. The zero-order valence-electron chi connectivity index (χ0n) is 16.5. The van der Waals surface area contributed by atoms with Crippen LogP contribution < -0.4 is 5.32 Å². The van der Waals surface area contributed by atoms with Crippen LogP contribution in [0.2, 0.25) is 5.02 Å². The molecule has 2 aromatic carbocycles. The molecule has 1 aliphatic rings. The fourth-order valence-corrected chi connectivity index (χ4v) is 4.62. The summed E-state index contributed by atoms with van der Waals surface area (Å²) in [5, 5.41) is 12.7. The van der Waals surface area contributed by atoms with Gasteiger partial charge in [-0.3, -0.25) is 9.59 Å². The van der Waals surface area contributed by atoms with Crippen LogP contribution in [-0.2, 0) is 0 Å². The molecule has 1 atom stereocenters. The first kappa shape index (κ1) is 20.5. The molecule has 30 heavy (non-hydrogen) atoms. The molecule has 2 heterocycles. The van der Waals surface area contributed by atoms with Gasteiger partial charge in [0.2, 0.25) is 5.01 Å². The number of carbonyl (C=O) groups is 2. The van der Waals surface area contributed by atoms with E-state index in [-0.39, 0.29) is 17.7 Å². The number of anilines is 1. The average Bonchev–Trinajstić information content (AvgIpc) is 3.24. The topological polar surface area (TPSA) is 75.2 Å². The van der Waals surface area contributed by atoms with Gasteiger partial charge in [0.15, 0.2) is 0 Å². The minimum atomic E-state index is -0.315. The van der Waals surface area contributed by atoms with Crippen LogP contribution in [0, 0.1) is 6.92 Å². The monoisotopic (exact) mass is 440 g/mol. The van der Waals surface area contributed by atoms with Crippen LogP contribution in [0.4, 0.5) is 5.69 Å². The molecule has 6 nitrogen and oxygen atoms in total. The molecular formula is C22H21ClN4O2S. The summed E-state index contributed by atoms with van der Waals surface area (Å²) < 4.78 is 0. The second kappa shape index (κ2) is 8.93. The molecule has 4 rings (SSSR count). The summed E-state index contributed by atoms with van der Waals surface area (Å²) in [6.45, 7) is 3.29. The first-order valence-corrected chi connectivity index (χ1v) is 11.0. The van der Waals surface area contributed by atoms with Gasteiger partial charge in [-0.1, -0.05) is 46.7 Å². The van der Waals surface area contributed by atoms with Crippen molar-refractivity contribution in [2.24, 2.45) is 0 Å². The van der Waals surface area contributed by atoms with Crippen molar-refractivity contribution < 1.29 is 9.59 Å². The molecule has 0 aliphatic carbocycles. The minimum absolute atomic E-state index is 0.0341. The Hall–Kier alpha value is -2.77. The third kappa shape index (κ3) is 4.68. The van der Waals surface area contributed by atoms with Crippen molar-refractivity contribution in [3.63, 3.8) is 0 Å². The van der Waals surface area contributed by atoms with Gasteiger partial charge in [-0.15, -0.1) is 10.2 Å². The van der Waals surface area contributed by atoms with Crippen molar-refractivity contribution in [1.29, 1.82) is 0 Å². The fraction of sp³-hybridized carbons (Fsp3) is 0.273. The normalized spacial score (nSPS) is 16.3. The lowest BCUT2D eigenvalue weighted by atomic mass is 9.98. The Morgan fingerprint density at radius 3 is 2.80 bits per heavy atom. The molecule has 0 radical (unpaired) electrons. The number of carbonyl (C=O) groups excluding carboxylic acids is 2. The Morgan fingerprint density at radius 1 is 1.17 bits per heavy atom. The Balaban J connectivity index is 1.44. The highest BCUT2D eigenvalue weighted by Gasteiger charge is 2.28. The third-order valence-electron chi connectivity index (χ3n) is 5.04. The van der Waals surface area contributed by atoms with Gasteiger partial charge in [0, 0.05) is 35.3 Å². The van der Waals surface area contributed by atoms with E-state index in [9.17, 15) is 9.59 Å². The van der Waals surface area contributed by atoms with E-state index in [4.69, 9.17) is 11.6 Å². The molecule has 1 saturated heterocycles. The molecule has 0 bridgehead atoms. The van der Waals surface area contributed by atoms with Gasteiger partial charge in [-0.25, -0.2) is 0 Å². The summed E-state index contributed by atoms with van der Waals surface area (Å²) in [5.74, 6) is -0.200. The number of likely N-dealkylation sites (tertiary alicyclic amines) is 1. The molecule has 1 aliphatic heterocycles. The summed E-state index contributed by atoms with van der Waals surface area (Å²) in [6.07, 6.45) is 1.81. The van der Waals surface area contributed by atoms with Gasteiger partial charge in [-0.2, -0.15) is 0 Å². The minimum Gasteiger partial charge on any atom is -0.338 e. The maximum absolute atomic E-state index is 12.9. The number of hydrogen-bond donors (Lipinski definition) is 1. The van der Waals surface area contributed by atoms with Gasteiger partial charge in [0.1, 0.15) is 5.01 Å². The van der Waals surface area contributed by atoms with Crippen molar-refractivity contribution in [3.05, 3.63) is 74.7 Å². The summed E-state index contributed by atoms with van der Waals surface area (Å²) in [4.78, 5) is 27.3. The molecule has 8 heteroatoms. The van der Waals surface area contributed by atoms with Gasteiger partial charge < -0.3 is 10.2 Å². The van der Waals surface area contributed by atoms with E-state index >= 15 is 0 Å². The zero-order valence-corrected chi connectivity index (χ0v) is 18.0. The highest BCUT2D eigenvalue weighted by atomic mass is 35.5. The summed E-state index contributed by atoms with van der Waals surface area (Å²) in [7, 11) is 0. The Morgan fingerprint density at radius 2 is 2.00 bits per heavy atom. The van der Waals surface area contributed by atoms with E-state index in [1.807, 2.05) is 36.1 Å². The smallest absolute Gasteiger partial charge is 0.286 e. The number of amides is 2. The highest BCUT2D eigenvalue weighted by molar-refractivity contribution is 7.13. The number of aromatic nitrogens is 2. The van der Waals surface area contributed by atoms with Crippen LogP contribution in [0.25, 0.3) is 0 Å². The number of hydrogen-bond acceptors (Lipinski definition) is 5. The van der Waals surface area contributed by atoms with E-state index in [2.05, 4.69) is 15.5 Å². The average molecular weight is 441 g/mol. The van der Waals surface area contributed by atoms with Crippen molar-refractivity contribution in [2.45, 2.75) is 25.7 Å². The van der Waals surface area contributed by atoms with E-state index < -0.39 is 0 Å². The quantitative estimate of drug-likeness (QED) is 0.633. The lowest BCUT2D eigenvalue weighted by Gasteiger charge is -2.31. The van der Waals surface area contributed by atoms with E-state index in [1.54, 1.807) is 24.3 Å². The van der Waals surface area contributed by atoms with Crippen molar-refractivity contribution in [2.75, 3.05) is 18.4 Å². The molecule has 1 aromatic heterocycles. The zero-order chi connectivity index (χ0) is 21.1. The third-order valence-corrected chi connectivity index (χ3v) is 6.36. The van der Waals surface area contributed by atoms with Crippen molar-refractivity contribution in [3.8, 4) is 0 Å². The number of nitrogens with one attached hydrogen (secondary N) is 1. The number of halogens is 1. The highest BCUT2D eigenvalue weighted by Crippen LogP contribution is 2.30. The van der Waals surface area contributed by atoms with Gasteiger partial charge >= 0.3 is 0 Å². The van der Waals surface area contributed by atoms with E-state index in [0.717, 1.165) is 30.0 Å². The predicted octanol–water partition coefficient (Wildman–Crippen LogP) is 4.77. The molecule has 1 fully saturated rings. The van der Waals surface area contributed by atoms with Crippen molar-refractivity contribution in [1.82, 2.24) is 15.1 Å². The molecule has 154 valence electrons. The summed E-state index contributed by atoms with van der Waals surface area (Å²) in [6, 6.07) is 14.6. The molecule has 0 spiro atoms. The predicted molar refractivity (Wildman–Crippen MR) is 118 cm³/mol. The summed E-state index contributed by atoms with van der Waals surface area (Å²) >= 11 is 7.24. The SMILES string of the molecule is Cc1cccc(C(=O)N2CCC[C@H](c3nnc(C(=O)Nc4cccc(Cl)c4)s3)C2)c1. The molecule has 0 unspecified atom stereocenters. The molecule has 1 N–H and O–H groups in total. The lowest BCUT2D eigenvalue weighted by molar-refractivity contribution is 0.0706. The molecule has 2 amide bonds. The van der Waals surface area contributed by atoms with Crippen LogP contribution >= 0.6 is 22.9 Å². The number of benzene rings is 2. The Bertz CT molecular complexity index is 1080. The standard InChI is InChI=1S/C22H21ClN4O2S/c1-14-5-2-6-15(11-14)22(29)27-10-4-7-16(13-27)20-25-26-21(30-20)19(28)24-18-9-3-8-17(23)12-18/h2-3,5-6,8-9,11-12,16H,4,7,10,13H2,1H3,(H,24,28)/t16-/m0/s1. The van der Waals surface area contributed by atoms with Crippen LogP contribution in [0.3, 0.4) is 0 Å². The fourth-order valence-electron chi connectivity index (χ4n) is 3.57. The maximum Gasteiger partial charge on any atom is 0.286 e. The molecule has 3 aromatic rings. The maximum atomic E-state index is 12.9. The molecular weight excluding hydrogens is 420 g/mol. The van der Waals surface area contributed by atoms with Crippen LogP contribution in [0.15, 0.2) is 48.5 Å². The first-order valence-electron chi connectivity index (χ1n) is 9.76. The van der Waals surface area contributed by atoms with Gasteiger partial charge in [-0.05, 0) is 50.1 Å². The van der Waals surface area contributed by atoms with Crippen LogP contribution in [0.5, 0.6) is 0 Å². The van der Waals surface area contributed by atoms with Gasteiger partial charge in [0.25, 0.3) is 11.8 Å². The van der Waals surface area contributed by atoms with Crippen molar-refractivity contribution >= 4 is 40.4 Å².